The second-order valence-corrected chi connectivity index (χ2v) is 7.06. The molecule has 152 valence electrons. The highest BCUT2D eigenvalue weighted by Crippen LogP contribution is 2.17. The molecule has 1 aromatic heterocycles. The Hall–Kier alpha value is -3.35. The molecule has 0 bridgehead atoms. The van der Waals surface area contributed by atoms with Crippen LogP contribution in [0, 0.1) is 5.92 Å². The number of nitrogens with one attached hydrogen (secondary N) is 1. The van der Waals surface area contributed by atoms with Crippen LogP contribution in [0.15, 0.2) is 53.3 Å². The lowest BCUT2D eigenvalue weighted by Gasteiger charge is -2.13. The van der Waals surface area contributed by atoms with Crippen molar-refractivity contribution >= 4 is 16.7 Å². The molecule has 2 aromatic carbocycles. The smallest absolute Gasteiger partial charge is 0.274 e. The zero-order valence-electron chi connectivity index (χ0n) is 16.8. The zero-order chi connectivity index (χ0) is 20.8. The Balaban J connectivity index is 1.71. The van der Waals surface area contributed by atoms with Gasteiger partial charge in [0.2, 0.25) is 0 Å². The molecule has 29 heavy (non-hydrogen) atoms. The van der Waals surface area contributed by atoms with Crippen LogP contribution in [0.2, 0.25) is 0 Å². The highest BCUT2D eigenvalue weighted by molar-refractivity contribution is 6.04. The van der Waals surface area contributed by atoms with Crippen molar-refractivity contribution in [1.29, 1.82) is 0 Å². The Kier molecular flexibility index (Phi) is 6.49. The van der Waals surface area contributed by atoms with E-state index in [2.05, 4.69) is 10.4 Å². The third-order valence-corrected chi connectivity index (χ3v) is 4.34. The van der Waals surface area contributed by atoms with E-state index in [1.54, 1.807) is 43.5 Å². The normalized spacial score (nSPS) is 10.9. The summed E-state index contributed by atoms with van der Waals surface area (Å²) < 4.78 is 12.1. The van der Waals surface area contributed by atoms with E-state index in [9.17, 15) is 9.59 Å². The molecule has 0 saturated heterocycles. The molecule has 0 radical (unpaired) electrons. The maximum absolute atomic E-state index is 12.7. The lowest BCUT2D eigenvalue weighted by atomic mass is 10.1. The number of carbonyl (C=O) groups excluding carboxylic acids is 1. The summed E-state index contributed by atoms with van der Waals surface area (Å²) in [4.78, 5) is 25.4. The Morgan fingerprint density at radius 3 is 2.38 bits per heavy atom. The summed E-state index contributed by atoms with van der Waals surface area (Å²) >= 11 is 0. The van der Waals surface area contributed by atoms with Gasteiger partial charge in [0.15, 0.2) is 5.69 Å². The Morgan fingerprint density at radius 1 is 1.07 bits per heavy atom. The topological polar surface area (TPSA) is 82.4 Å². The molecule has 0 atom stereocenters. The lowest BCUT2D eigenvalue weighted by molar-refractivity contribution is 0.0941. The fourth-order valence-electron chi connectivity index (χ4n) is 2.96. The molecule has 0 aliphatic heterocycles. The van der Waals surface area contributed by atoms with Gasteiger partial charge in [0, 0.05) is 11.9 Å². The molecule has 1 N–H and O–H groups in total. The summed E-state index contributed by atoms with van der Waals surface area (Å²) in [5, 5.41) is 8.19. The second kappa shape index (κ2) is 9.23. The third-order valence-electron chi connectivity index (χ3n) is 4.34. The van der Waals surface area contributed by atoms with Gasteiger partial charge in [-0.25, -0.2) is 4.68 Å². The number of hydrogen-bond acceptors (Lipinski definition) is 5. The first-order chi connectivity index (χ1) is 14.0. The molecule has 1 amide bonds. The number of ether oxygens (including phenoxy) is 2. The predicted octanol–water partition coefficient (Wildman–Crippen LogP) is 2.87. The first-order valence-corrected chi connectivity index (χ1v) is 9.54. The van der Waals surface area contributed by atoms with Crippen LogP contribution in [-0.4, -0.2) is 35.9 Å². The highest BCUT2D eigenvalue weighted by atomic mass is 16.5. The van der Waals surface area contributed by atoms with E-state index in [1.165, 1.54) is 4.68 Å². The molecule has 7 heteroatoms. The van der Waals surface area contributed by atoms with Crippen molar-refractivity contribution in [3.05, 3.63) is 64.6 Å². The largest absolute Gasteiger partial charge is 0.497 e. The number of hydrogen-bond donors (Lipinski definition) is 1. The predicted molar refractivity (Wildman–Crippen MR) is 112 cm³/mol. The minimum atomic E-state index is -0.336. The van der Waals surface area contributed by atoms with Gasteiger partial charge in [-0.15, -0.1) is 0 Å². The van der Waals surface area contributed by atoms with Crippen molar-refractivity contribution in [2.75, 3.05) is 20.3 Å². The SMILES string of the molecule is COc1ccc(OCCNC(=O)c2nn(CC(C)C)c(=O)c3ccccc23)cc1. The van der Waals surface area contributed by atoms with Gasteiger partial charge in [-0.3, -0.25) is 9.59 Å². The minimum absolute atomic E-state index is 0.186. The van der Waals surface area contributed by atoms with E-state index in [0.717, 1.165) is 5.75 Å². The summed E-state index contributed by atoms with van der Waals surface area (Å²) in [5.74, 6) is 1.33. The van der Waals surface area contributed by atoms with Gasteiger partial charge in [-0.2, -0.15) is 5.10 Å². The molecular weight excluding hydrogens is 370 g/mol. The van der Waals surface area contributed by atoms with Gasteiger partial charge in [0.1, 0.15) is 18.1 Å². The van der Waals surface area contributed by atoms with Crippen LogP contribution in [-0.2, 0) is 6.54 Å². The van der Waals surface area contributed by atoms with Gasteiger partial charge in [-0.05, 0) is 36.2 Å². The van der Waals surface area contributed by atoms with E-state index >= 15 is 0 Å². The molecule has 0 unspecified atom stereocenters. The number of amides is 1. The summed E-state index contributed by atoms with van der Waals surface area (Å²) in [6, 6.07) is 14.3. The van der Waals surface area contributed by atoms with Crippen LogP contribution in [0.4, 0.5) is 0 Å². The molecule has 0 saturated carbocycles. The molecule has 3 rings (SSSR count). The van der Waals surface area contributed by atoms with E-state index in [-0.39, 0.29) is 23.1 Å². The van der Waals surface area contributed by atoms with E-state index < -0.39 is 0 Å². The first kappa shape index (κ1) is 20.4. The van der Waals surface area contributed by atoms with E-state index in [4.69, 9.17) is 9.47 Å². The zero-order valence-corrected chi connectivity index (χ0v) is 16.8. The molecule has 7 nitrogen and oxygen atoms in total. The van der Waals surface area contributed by atoms with Crippen LogP contribution in [0.25, 0.3) is 10.8 Å². The number of methoxy groups -OCH3 is 1. The summed E-state index contributed by atoms with van der Waals surface area (Å²) in [6.45, 7) is 5.06. The number of rotatable bonds is 8. The monoisotopic (exact) mass is 395 g/mol. The van der Waals surface area contributed by atoms with Gasteiger partial charge >= 0.3 is 0 Å². The molecule has 0 aliphatic carbocycles. The van der Waals surface area contributed by atoms with Gasteiger partial charge in [-0.1, -0.05) is 32.0 Å². The van der Waals surface area contributed by atoms with Crippen molar-refractivity contribution in [3.8, 4) is 11.5 Å². The lowest BCUT2D eigenvalue weighted by Crippen LogP contribution is -2.33. The van der Waals surface area contributed by atoms with E-state index in [1.807, 2.05) is 26.0 Å². The first-order valence-electron chi connectivity index (χ1n) is 9.54. The standard InChI is InChI=1S/C22H25N3O4/c1-15(2)14-25-22(27)19-7-5-4-6-18(19)20(24-25)21(26)23-12-13-29-17-10-8-16(28-3)9-11-17/h4-11,15H,12-14H2,1-3H3,(H,23,26). The van der Waals surface area contributed by atoms with Crippen molar-refractivity contribution in [3.63, 3.8) is 0 Å². The molecule has 1 heterocycles. The number of aromatic nitrogens is 2. The summed E-state index contributed by atoms with van der Waals surface area (Å²) in [7, 11) is 1.60. The number of nitrogens with zero attached hydrogens (tertiary/aromatic N) is 2. The molecular formula is C22H25N3O4. The minimum Gasteiger partial charge on any atom is -0.497 e. The molecule has 3 aromatic rings. The second-order valence-electron chi connectivity index (χ2n) is 7.06. The van der Waals surface area contributed by atoms with Crippen molar-refractivity contribution in [2.24, 2.45) is 5.92 Å². The van der Waals surface area contributed by atoms with Crippen molar-refractivity contribution in [2.45, 2.75) is 20.4 Å². The van der Waals surface area contributed by atoms with E-state index in [0.29, 0.717) is 36.2 Å². The Bertz CT molecular complexity index is 1040. The van der Waals surface area contributed by atoms with Gasteiger partial charge in [0.25, 0.3) is 11.5 Å². The number of benzene rings is 2. The highest BCUT2D eigenvalue weighted by Gasteiger charge is 2.16. The fraction of sp³-hybridized carbons (Fsp3) is 0.318. The maximum atomic E-state index is 12.7. The number of carbonyl (C=O) groups is 1. The number of fused-ring (bicyclic) bond motifs is 1. The molecule has 0 spiro atoms. The maximum Gasteiger partial charge on any atom is 0.274 e. The van der Waals surface area contributed by atoms with Crippen LogP contribution in [0.5, 0.6) is 11.5 Å². The van der Waals surface area contributed by atoms with Gasteiger partial charge < -0.3 is 14.8 Å². The molecule has 0 fully saturated rings. The summed E-state index contributed by atoms with van der Waals surface area (Å²) in [6.07, 6.45) is 0. The fourth-order valence-corrected chi connectivity index (χ4v) is 2.96. The Morgan fingerprint density at radius 2 is 1.72 bits per heavy atom. The average molecular weight is 395 g/mol. The Labute approximate surface area is 169 Å². The average Bonchev–Trinajstić information content (AvgIpc) is 2.73. The van der Waals surface area contributed by atoms with Gasteiger partial charge in [0.05, 0.1) is 19.0 Å². The molecule has 0 aliphatic rings. The van der Waals surface area contributed by atoms with Crippen LogP contribution in [0.3, 0.4) is 0 Å². The van der Waals surface area contributed by atoms with Crippen LogP contribution < -0.4 is 20.3 Å². The van der Waals surface area contributed by atoms with Crippen molar-refractivity contribution in [1.82, 2.24) is 15.1 Å². The quantitative estimate of drug-likeness (QED) is 0.593. The van der Waals surface area contributed by atoms with Crippen LogP contribution in [0.1, 0.15) is 24.3 Å². The van der Waals surface area contributed by atoms with Crippen molar-refractivity contribution < 1.29 is 14.3 Å². The third kappa shape index (κ3) is 4.93. The van der Waals surface area contributed by atoms with Crippen LogP contribution >= 0.6 is 0 Å². The summed E-state index contributed by atoms with van der Waals surface area (Å²) in [5.41, 5.74) is 0.0546.